The molecule has 0 aromatic heterocycles. The summed E-state index contributed by atoms with van der Waals surface area (Å²) in [6.45, 7) is 1.05. The zero-order valence-corrected chi connectivity index (χ0v) is 12.1. The number of nitrogens with one attached hydrogen (secondary N) is 1. The summed E-state index contributed by atoms with van der Waals surface area (Å²) >= 11 is 0. The fraction of sp³-hybridized carbons (Fsp3) is 0.417. The van der Waals surface area contributed by atoms with Crippen LogP contribution in [0.2, 0.25) is 0 Å². The maximum absolute atomic E-state index is 13.5. The van der Waals surface area contributed by atoms with Crippen molar-refractivity contribution in [3.8, 4) is 0 Å². The van der Waals surface area contributed by atoms with E-state index >= 15 is 0 Å². The molecule has 1 aromatic carbocycles. The van der Waals surface area contributed by atoms with E-state index in [1.54, 1.807) is 0 Å². The standard InChI is InChI=1S/C12H13FN2O6S/c13-10-6-9(3-4-11(10)15(17)18)22(19,20)21-12(16)8-2-1-5-14-7-8/h3-4,6,8,14H,1-2,5,7H2. The van der Waals surface area contributed by atoms with Gasteiger partial charge in [-0.2, -0.15) is 12.8 Å². The molecule has 0 radical (unpaired) electrons. The van der Waals surface area contributed by atoms with Crippen molar-refractivity contribution >= 4 is 21.8 Å². The molecule has 8 nitrogen and oxygen atoms in total. The van der Waals surface area contributed by atoms with Gasteiger partial charge in [0.2, 0.25) is 5.82 Å². The lowest BCUT2D eigenvalue weighted by Crippen LogP contribution is -2.36. The highest BCUT2D eigenvalue weighted by molar-refractivity contribution is 7.87. The number of carbonyl (C=O) groups excluding carboxylic acids is 1. The molecule has 0 spiro atoms. The Kier molecular flexibility index (Phi) is 4.71. The summed E-state index contributed by atoms with van der Waals surface area (Å²) in [5.74, 6) is -2.83. The smallest absolute Gasteiger partial charge is 0.341 e. The monoisotopic (exact) mass is 332 g/mol. The van der Waals surface area contributed by atoms with E-state index in [2.05, 4.69) is 9.50 Å². The van der Waals surface area contributed by atoms with E-state index < -0.39 is 43.3 Å². The summed E-state index contributed by atoms with van der Waals surface area (Å²) in [6.07, 6.45) is 1.21. The van der Waals surface area contributed by atoms with Crippen molar-refractivity contribution in [3.63, 3.8) is 0 Å². The van der Waals surface area contributed by atoms with Crippen LogP contribution in [0.4, 0.5) is 10.1 Å². The second kappa shape index (κ2) is 6.36. The fourth-order valence-electron chi connectivity index (χ4n) is 2.07. The van der Waals surface area contributed by atoms with Gasteiger partial charge in [-0.1, -0.05) is 0 Å². The molecule has 1 unspecified atom stereocenters. The number of hydrogen-bond acceptors (Lipinski definition) is 7. The number of benzene rings is 1. The molecule has 1 N–H and O–H groups in total. The number of rotatable bonds is 4. The Morgan fingerprint density at radius 2 is 2.18 bits per heavy atom. The molecule has 1 atom stereocenters. The first-order chi connectivity index (χ1) is 10.3. The van der Waals surface area contributed by atoms with Crippen molar-refractivity contribution in [1.82, 2.24) is 5.32 Å². The molecular formula is C12H13FN2O6S. The summed E-state index contributed by atoms with van der Waals surface area (Å²) in [4.78, 5) is 20.7. The van der Waals surface area contributed by atoms with E-state index in [1.807, 2.05) is 0 Å². The van der Waals surface area contributed by atoms with Crippen molar-refractivity contribution in [2.45, 2.75) is 17.7 Å². The third kappa shape index (κ3) is 3.57. The molecule has 0 amide bonds. The van der Waals surface area contributed by atoms with Gasteiger partial charge in [0.15, 0.2) is 0 Å². The van der Waals surface area contributed by atoms with Gasteiger partial charge in [0.1, 0.15) is 4.90 Å². The van der Waals surface area contributed by atoms with E-state index in [9.17, 15) is 27.7 Å². The van der Waals surface area contributed by atoms with Crippen molar-refractivity contribution < 1.29 is 26.7 Å². The Morgan fingerprint density at radius 1 is 1.45 bits per heavy atom. The first-order valence-corrected chi connectivity index (χ1v) is 7.85. The number of hydrogen-bond donors (Lipinski definition) is 1. The minimum atomic E-state index is -4.51. The summed E-state index contributed by atoms with van der Waals surface area (Å²) in [5.41, 5.74) is -0.859. The highest BCUT2D eigenvalue weighted by Crippen LogP contribution is 2.23. The summed E-state index contributed by atoms with van der Waals surface area (Å²) < 4.78 is 41.8. The molecule has 0 aliphatic carbocycles. The van der Waals surface area contributed by atoms with Crippen LogP contribution in [-0.2, 0) is 19.1 Å². The van der Waals surface area contributed by atoms with Gasteiger partial charge >= 0.3 is 21.8 Å². The molecule has 10 heteroatoms. The van der Waals surface area contributed by atoms with Crippen molar-refractivity contribution in [1.29, 1.82) is 0 Å². The molecule has 120 valence electrons. The molecule has 2 rings (SSSR count). The summed E-state index contributed by atoms with van der Waals surface area (Å²) in [5, 5.41) is 13.4. The van der Waals surface area contributed by atoms with Crippen LogP contribution in [0.25, 0.3) is 0 Å². The van der Waals surface area contributed by atoms with Gasteiger partial charge in [0.05, 0.1) is 10.8 Å². The van der Waals surface area contributed by atoms with Gasteiger partial charge in [0.25, 0.3) is 0 Å². The lowest BCUT2D eigenvalue weighted by atomic mass is 10.0. The molecule has 0 saturated carbocycles. The van der Waals surface area contributed by atoms with Crippen LogP contribution in [0.1, 0.15) is 12.8 Å². The topological polar surface area (TPSA) is 116 Å². The fourth-order valence-corrected chi connectivity index (χ4v) is 3.00. The normalized spacial score (nSPS) is 18.7. The number of nitrogens with zero attached hydrogens (tertiary/aromatic N) is 1. The molecule has 1 fully saturated rings. The van der Waals surface area contributed by atoms with Crippen LogP contribution < -0.4 is 5.32 Å². The zero-order chi connectivity index (χ0) is 16.3. The van der Waals surface area contributed by atoms with Gasteiger partial charge in [-0.05, 0) is 25.5 Å². The molecule has 1 saturated heterocycles. The van der Waals surface area contributed by atoms with Crippen molar-refractivity contribution in [2.75, 3.05) is 13.1 Å². The van der Waals surface area contributed by atoms with Gasteiger partial charge in [-0.3, -0.25) is 14.9 Å². The van der Waals surface area contributed by atoms with Gasteiger partial charge in [0, 0.05) is 18.7 Å². The Bertz CT molecular complexity index is 700. The summed E-state index contributed by atoms with van der Waals surface area (Å²) in [7, 11) is -4.51. The second-order valence-electron chi connectivity index (χ2n) is 4.77. The quantitative estimate of drug-likeness (QED) is 0.496. The average molecular weight is 332 g/mol. The third-order valence-corrected chi connectivity index (χ3v) is 4.44. The van der Waals surface area contributed by atoms with E-state index in [4.69, 9.17) is 0 Å². The lowest BCUT2D eigenvalue weighted by Gasteiger charge is -2.20. The van der Waals surface area contributed by atoms with E-state index in [-0.39, 0.29) is 0 Å². The van der Waals surface area contributed by atoms with Crippen LogP contribution >= 0.6 is 0 Å². The molecule has 1 aliphatic rings. The number of nitro benzene ring substituents is 1. The van der Waals surface area contributed by atoms with Crippen LogP contribution in [-0.4, -0.2) is 32.4 Å². The largest absolute Gasteiger partial charge is 0.342 e. The average Bonchev–Trinajstić information content (AvgIpc) is 2.47. The Balaban J connectivity index is 2.17. The van der Waals surface area contributed by atoms with E-state index in [0.717, 1.165) is 12.6 Å². The van der Waals surface area contributed by atoms with E-state index in [0.29, 0.717) is 31.5 Å². The van der Waals surface area contributed by atoms with Crippen LogP contribution in [0.5, 0.6) is 0 Å². The van der Waals surface area contributed by atoms with Gasteiger partial charge in [-0.15, -0.1) is 0 Å². The maximum atomic E-state index is 13.5. The summed E-state index contributed by atoms with van der Waals surface area (Å²) in [6, 6.07) is 1.99. The molecule has 22 heavy (non-hydrogen) atoms. The maximum Gasteiger partial charge on any atom is 0.341 e. The first kappa shape index (κ1) is 16.3. The number of halogens is 1. The minimum absolute atomic E-state index is 0.309. The minimum Gasteiger partial charge on any atom is -0.342 e. The molecular weight excluding hydrogens is 319 g/mol. The lowest BCUT2D eigenvalue weighted by molar-refractivity contribution is -0.387. The van der Waals surface area contributed by atoms with E-state index in [1.165, 1.54) is 0 Å². The highest BCUT2D eigenvalue weighted by atomic mass is 32.2. The Morgan fingerprint density at radius 3 is 2.73 bits per heavy atom. The first-order valence-electron chi connectivity index (χ1n) is 6.44. The van der Waals surface area contributed by atoms with Gasteiger partial charge < -0.3 is 9.50 Å². The van der Waals surface area contributed by atoms with Crippen LogP contribution in [0.15, 0.2) is 23.1 Å². The Hall–Kier alpha value is -2.07. The third-order valence-electron chi connectivity index (χ3n) is 3.23. The predicted molar refractivity (Wildman–Crippen MR) is 71.9 cm³/mol. The second-order valence-corrected chi connectivity index (χ2v) is 6.32. The molecule has 0 bridgehead atoms. The molecule has 1 heterocycles. The van der Waals surface area contributed by atoms with Crippen molar-refractivity contribution in [3.05, 3.63) is 34.1 Å². The SMILES string of the molecule is O=C(OS(=O)(=O)c1ccc([N+](=O)[O-])c(F)c1)C1CCCNC1. The Labute approximate surface area is 125 Å². The van der Waals surface area contributed by atoms with Crippen LogP contribution in [0.3, 0.4) is 0 Å². The molecule has 1 aliphatic heterocycles. The predicted octanol–water partition coefficient (Wildman–Crippen LogP) is 0.965. The van der Waals surface area contributed by atoms with Gasteiger partial charge in [-0.25, -0.2) is 0 Å². The zero-order valence-electron chi connectivity index (χ0n) is 11.3. The highest BCUT2D eigenvalue weighted by Gasteiger charge is 2.29. The van der Waals surface area contributed by atoms with Crippen molar-refractivity contribution in [2.24, 2.45) is 5.92 Å². The molecule has 1 aromatic rings. The number of carbonyl (C=O) groups is 1. The number of nitro groups is 1. The van der Waals surface area contributed by atoms with Crippen LogP contribution in [0, 0.1) is 21.8 Å². The number of piperidine rings is 1.